The topological polar surface area (TPSA) is 64.6 Å². The molecule has 2 aromatic rings. The Labute approximate surface area is 145 Å². The highest BCUT2D eigenvalue weighted by Gasteiger charge is 2.12. The minimum atomic E-state index is -0.549. The predicted molar refractivity (Wildman–Crippen MR) is 92.7 cm³/mol. The Morgan fingerprint density at radius 1 is 1.12 bits per heavy atom. The number of carbonyl (C=O) groups excluding carboxylic acids is 2. The monoisotopic (exact) mass is 347 g/mol. The largest absolute Gasteiger partial charge is 0.497 e. The zero-order valence-corrected chi connectivity index (χ0v) is 14.2. The summed E-state index contributed by atoms with van der Waals surface area (Å²) in [5.41, 5.74) is 1.72. The molecule has 0 aliphatic heterocycles. The Balaban J connectivity index is 1.98. The Morgan fingerprint density at radius 3 is 2.62 bits per heavy atom. The number of halogens is 1. The van der Waals surface area contributed by atoms with E-state index in [0.29, 0.717) is 18.5 Å². The van der Waals surface area contributed by atoms with E-state index in [-0.39, 0.29) is 16.5 Å². The lowest BCUT2D eigenvalue weighted by atomic mass is 10.1. The maximum atomic E-state index is 12.1. The molecule has 0 radical (unpaired) electrons. The first-order chi connectivity index (χ1) is 11.5. The number of esters is 1. The van der Waals surface area contributed by atoms with Gasteiger partial charge in [0, 0.05) is 12.1 Å². The number of amides is 1. The summed E-state index contributed by atoms with van der Waals surface area (Å²) in [4.78, 5) is 23.7. The van der Waals surface area contributed by atoms with Crippen molar-refractivity contribution in [3.8, 4) is 5.75 Å². The van der Waals surface area contributed by atoms with E-state index in [9.17, 15) is 9.59 Å². The van der Waals surface area contributed by atoms with Crippen LogP contribution in [0.25, 0.3) is 0 Å². The molecule has 1 amide bonds. The third-order valence-corrected chi connectivity index (χ3v) is 3.76. The number of nitrogens with one attached hydrogen (secondary N) is 1. The number of anilines is 1. The first-order valence-electron chi connectivity index (χ1n) is 7.34. The Kier molecular flexibility index (Phi) is 6.21. The molecule has 0 aliphatic rings. The molecule has 0 saturated carbocycles. The summed E-state index contributed by atoms with van der Waals surface area (Å²) in [6.45, 7) is 0. The van der Waals surface area contributed by atoms with Gasteiger partial charge in [-0.1, -0.05) is 23.7 Å². The third-order valence-electron chi connectivity index (χ3n) is 3.43. The summed E-state index contributed by atoms with van der Waals surface area (Å²) in [7, 11) is 2.88. The molecule has 0 saturated heterocycles. The van der Waals surface area contributed by atoms with E-state index in [1.165, 1.54) is 13.2 Å². The van der Waals surface area contributed by atoms with Crippen molar-refractivity contribution >= 4 is 29.2 Å². The number of carbonyl (C=O) groups is 2. The number of benzene rings is 2. The van der Waals surface area contributed by atoms with Crippen molar-refractivity contribution in [2.24, 2.45) is 0 Å². The SMILES string of the molecule is COC(=O)c1cc(NC(=O)CCc2cccc(OC)c2)ccc1Cl. The standard InChI is InChI=1S/C18H18ClNO4/c1-23-14-5-3-4-12(10-14)6-9-17(21)20-13-7-8-16(19)15(11-13)18(22)24-2/h3-5,7-8,10-11H,6,9H2,1-2H3,(H,20,21). The molecule has 0 atom stereocenters. The van der Waals surface area contributed by atoms with Gasteiger partial charge < -0.3 is 14.8 Å². The molecule has 0 heterocycles. The second-order valence-electron chi connectivity index (χ2n) is 5.09. The first kappa shape index (κ1) is 17.8. The van der Waals surface area contributed by atoms with Crippen LogP contribution in [0.4, 0.5) is 5.69 Å². The van der Waals surface area contributed by atoms with Crippen LogP contribution in [-0.4, -0.2) is 26.1 Å². The summed E-state index contributed by atoms with van der Waals surface area (Å²) in [6.07, 6.45) is 0.893. The van der Waals surface area contributed by atoms with Crippen LogP contribution in [0.5, 0.6) is 5.75 Å². The Hall–Kier alpha value is -2.53. The lowest BCUT2D eigenvalue weighted by Crippen LogP contribution is -2.13. The van der Waals surface area contributed by atoms with Gasteiger partial charge in [0.2, 0.25) is 5.91 Å². The zero-order chi connectivity index (χ0) is 17.5. The lowest BCUT2D eigenvalue weighted by Gasteiger charge is -2.09. The molecule has 2 rings (SSSR count). The molecule has 0 fully saturated rings. The quantitative estimate of drug-likeness (QED) is 0.809. The van der Waals surface area contributed by atoms with Crippen molar-refractivity contribution in [1.29, 1.82) is 0 Å². The van der Waals surface area contributed by atoms with E-state index < -0.39 is 5.97 Å². The van der Waals surface area contributed by atoms with Gasteiger partial charge in [-0.2, -0.15) is 0 Å². The molecule has 0 bridgehead atoms. The van der Waals surface area contributed by atoms with Crippen LogP contribution in [0.2, 0.25) is 5.02 Å². The fourth-order valence-electron chi connectivity index (χ4n) is 2.18. The Morgan fingerprint density at radius 2 is 1.92 bits per heavy atom. The van der Waals surface area contributed by atoms with Gasteiger partial charge in [0.05, 0.1) is 24.8 Å². The van der Waals surface area contributed by atoms with Crippen LogP contribution < -0.4 is 10.1 Å². The smallest absolute Gasteiger partial charge is 0.339 e. The fourth-order valence-corrected chi connectivity index (χ4v) is 2.37. The van der Waals surface area contributed by atoms with E-state index in [0.717, 1.165) is 11.3 Å². The van der Waals surface area contributed by atoms with Crippen LogP contribution in [0, 0.1) is 0 Å². The van der Waals surface area contributed by atoms with Gasteiger partial charge in [0.15, 0.2) is 0 Å². The van der Waals surface area contributed by atoms with E-state index in [1.807, 2.05) is 24.3 Å². The number of aryl methyl sites for hydroxylation is 1. The summed E-state index contributed by atoms with van der Waals surface area (Å²) in [5, 5.41) is 3.03. The van der Waals surface area contributed by atoms with Crippen molar-refractivity contribution in [3.63, 3.8) is 0 Å². The summed E-state index contributed by atoms with van der Waals surface area (Å²) in [5.74, 6) is 0.0526. The highest BCUT2D eigenvalue weighted by molar-refractivity contribution is 6.33. The van der Waals surface area contributed by atoms with Gasteiger partial charge in [-0.05, 0) is 42.3 Å². The third kappa shape index (κ3) is 4.73. The van der Waals surface area contributed by atoms with Gasteiger partial charge in [-0.3, -0.25) is 4.79 Å². The lowest BCUT2D eigenvalue weighted by molar-refractivity contribution is -0.116. The van der Waals surface area contributed by atoms with Crippen LogP contribution in [-0.2, 0) is 16.0 Å². The van der Waals surface area contributed by atoms with Crippen molar-refractivity contribution in [2.75, 3.05) is 19.5 Å². The second-order valence-corrected chi connectivity index (χ2v) is 5.49. The number of hydrogen-bond acceptors (Lipinski definition) is 4. The van der Waals surface area contributed by atoms with E-state index in [1.54, 1.807) is 19.2 Å². The molecular formula is C18H18ClNO4. The van der Waals surface area contributed by atoms with Crippen molar-refractivity contribution in [1.82, 2.24) is 0 Å². The van der Waals surface area contributed by atoms with Gasteiger partial charge in [0.25, 0.3) is 0 Å². The molecule has 0 aliphatic carbocycles. The molecule has 1 N–H and O–H groups in total. The van der Waals surface area contributed by atoms with Crippen molar-refractivity contribution in [3.05, 3.63) is 58.6 Å². The average Bonchev–Trinajstić information content (AvgIpc) is 2.61. The average molecular weight is 348 g/mol. The van der Waals surface area contributed by atoms with Crippen LogP contribution in [0.1, 0.15) is 22.3 Å². The molecule has 0 spiro atoms. The summed E-state index contributed by atoms with van der Waals surface area (Å²) in [6, 6.07) is 12.2. The van der Waals surface area contributed by atoms with Gasteiger partial charge >= 0.3 is 5.97 Å². The zero-order valence-electron chi connectivity index (χ0n) is 13.5. The van der Waals surface area contributed by atoms with E-state index in [2.05, 4.69) is 10.1 Å². The van der Waals surface area contributed by atoms with Crippen molar-refractivity contribution in [2.45, 2.75) is 12.8 Å². The Bertz CT molecular complexity index is 746. The number of rotatable bonds is 6. The molecule has 0 aromatic heterocycles. The van der Waals surface area contributed by atoms with Gasteiger partial charge in [-0.25, -0.2) is 4.79 Å². The second kappa shape index (κ2) is 8.36. The van der Waals surface area contributed by atoms with Crippen LogP contribution in [0.15, 0.2) is 42.5 Å². The van der Waals surface area contributed by atoms with Crippen LogP contribution in [0.3, 0.4) is 0 Å². The minimum Gasteiger partial charge on any atom is -0.497 e. The molecule has 2 aromatic carbocycles. The van der Waals surface area contributed by atoms with E-state index in [4.69, 9.17) is 16.3 Å². The summed E-state index contributed by atoms with van der Waals surface area (Å²) < 4.78 is 9.81. The van der Waals surface area contributed by atoms with Gasteiger partial charge in [0.1, 0.15) is 5.75 Å². The predicted octanol–water partition coefficient (Wildman–Crippen LogP) is 3.71. The van der Waals surface area contributed by atoms with E-state index >= 15 is 0 Å². The summed E-state index contributed by atoms with van der Waals surface area (Å²) >= 11 is 5.95. The van der Waals surface area contributed by atoms with Crippen molar-refractivity contribution < 1.29 is 19.1 Å². The van der Waals surface area contributed by atoms with Crippen LogP contribution >= 0.6 is 11.6 Å². The number of hydrogen-bond donors (Lipinski definition) is 1. The highest BCUT2D eigenvalue weighted by atomic mass is 35.5. The molecule has 24 heavy (non-hydrogen) atoms. The highest BCUT2D eigenvalue weighted by Crippen LogP contribution is 2.22. The minimum absolute atomic E-state index is 0.157. The normalized spacial score (nSPS) is 10.1. The molecular weight excluding hydrogens is 330 g/mol. The molecule has 5 nitrogen and oxygen atoms in total. The fraction of sp³-hybridized carbons (Fsp3) is 0.222. The maximum Gasteiger partial charge on any atom is 0.339 e. The molecule has 6 heteroatoms. The first-order valence-corrected chi connectivity index (χ1v) is 7.72. The van der Waals surface area contributed by atoms with Gasteiger partial charge in [-0.15, -0.1) is 0 Å². The number of ether oxygens (including phenoxy) is 2. The molecule has 0 unspecified atom stereocenters. The maximum absolute atomic E-state index is 12.1. The molecule has 126 valence electrons. The number of methoxy groups -OCH3 is 2.